The number of hydrogen-bond donors (Lipinski definition) is 3. The van der Waals surface area contributed by atoms with Crippen LogP contribution in [0.5, 0.6) is 0 Å². The number of benzene rings is 3. The van der Waals surface area contributed by atoms with Gasteiger partial charge in [-0.2, -0.15) is 5.10 Å². The standard InChI is InChI=1S/C35H37N5O4/c1-34(2,3)44-33(43)36-21-22-39-31(32(41)42)27-19-20-29-28(30(27)38-39)23-40(37-29)35(24-13-7-4-8-14-24,25-15-9-5-10-16-25)26-17-11-6-12-18-26/h4-18,23,29,37H,19-22H2,1-3H3,(H,36,43)(H,41,42). The molecular weight excluding hydrogens is 554 g/mol. The minimum absolute atomic E-state index is 0.0529. The van der Waals surface area contributed by atoms with Crippen molar-refractivity contribution in [3.8, 4) is 0 Å². The highest BCUT2D eigenvalue weighted by Crippen LogP contribution is 2.46. The molecule has 0 saturated carbocycles. The molecular formula is C35H37N5O4. The first-order valence-electron chi connectivity index (χ1n) is 14.9. The van der Waals surface area contributed by atoms with Crippen LogP contribution in [0.25, 0.3) is 5.57 Å². The summed E-state index contributed by atoms with van der Waals surface area (Å²) in [5.74, 6) is -1.04. The molecule has 3 N–H and O–H groups in total. The van der Waals surface area contributed by atoms with Gasteiger partial charge in [0.05, 0.1) is 18.3 Å². The zero-order chi connectivity index (χ0) is 30.9. The number of ether oxygens (including phenoxy) is 1. The van der Waals surface area contributed by atoms with Gasteiger partial charge in [-0.3, -0.25) is 9.69 Å². The summed E-state index contributed by atoms with van der Waals surface area (Å²) < 4.78 is 6.82. The van der Waals surface area contributed by atoms with E-state index in [9.17, 15) is 14.7 Å². The van der Waals surface area contributed by atoms with Crippen molar-refractivity contribution in [3.05, 3.63) is 131 Å². The van der Waals surface area contributed by atoms with Gasteiger partial charge in [-0.05, 0) is 50.3 Å². The normalized spacial score (nSPS) is 16.1. The van der Waals surface area contributed by atoms with E-state index in [4.69, 9.17) is 9.84 Å². The van der Waals surface area contributed by atoms with Crippen molar-refractivity contribution >= 4 is 17.6 Å². The molecule has 1 amide bonds. The Balaban J connectivity index is 1.42. The summed E-state index contributed by atoms with van der Waals surface area (Å²) in [6.07, 6.45) is 2.82. The number of nitrogens with one attached hydrogen (secondary N) is 2. The number of carboxylic acid groups (broad SMARTS) is 1. The van der Waals surface area contributed by atoms with E-state index in [2.05, 4.69) is 94.7 Å². The van der Waals surface area contributed by atoms with Crippen LogP contribution in [-0.2, 0) is 23.2 Å². The van der Waals surface area contributed by atoms with Gasteiger partial charge in [0, 0.05) is 23.9 Å². The maximum absolute atomic E-state index is 12.5. The van der Waals surface area contributed by atoms with Gasteiger partial charge in [0.2, 0.25) is 0 Å². The lowest BCUT2D eigenvalue weighted by Crippen LogP contribution is -2.52. The second-order valence-corrected chi connectivity index (χ2v) is 12.1. The highest BCUT2D eigenvalue weighted by molar-refractivity contribution is 5.90. The Morgan fingerprint density at radius 1 is 0.932 bits per heavy atom. The van der Waals surface area contributed by atoms with Gasteiger partial charge in [0.15, 0.2) is 0 Å². The van der Waals surface area contributed by atoms with Crippen LogP contribution in [0, 0.1) is 0 Å². The number of aromatic nitrogens is 2. The van der Waals surface area contributed by atoms with Crippen LogP contribution in [0.1, 0.15) is 65.6 Å². The third-order valence-corrected chi connectivity index (χ3v) is 8.08. The van der Waals surface area contributed by atoms with E-state index in [1.54, 1.807) is 20.8 Å². The van der Waals surface area contributed by atoms with Gasteiger partial charge in [-0.1, -0.05) is 91.0 Å². The summed E-state index contributed by atoms with van der Waals surface area (Å²) in [6.45, 7) is 5.76. The Morgan fingerprint density at radius 2 is 1.48 bits per heavy atom. The van der Waals surface area contributed by atoms with Crippen molar-refractivity contribution in [2.75, 3.05) is 6.54 Å². The minimum Gasteiger partial charge on any atom is -0.477 e. The molecule has 2 heterocycles. The van der Waals surface area contributed by atoms with Crippen LogP contribution in [0.2, 0.25) is 0 Å². The van der Waals surface area contributed by atoms with E-state index in [0.717, 1.165) is 22.3 Å². The summed E-state index contributed by atoms with van der Waals surface area (Å²) in [5, 5.41) is 19.9. The Hall–Kier alpha value is -4.89. The van der Waals surface area contributed by atoms with E-state index in [1.807, 2.05) is 18.2 Å². The third kappa shape index (κ3) is 5.35. The highest BCUT2D eigenvalue weighted by Gasteiger charge is 2.46. The van der Waals surface area contributed by atoms with Gasteiger partial charge in [0.25, 0.3) is 0 Å². The molecule has 1 atom stereocenters. The largest absolute Gasteiger partial charge is 0.477 e. The number of rotatable bonds is 8. The Labute approximate surface area is 257 Å². The van der Waals surface area contributed by atoms with Crippen LogP contribution < -0.4 is 10.7 Å². The van der Waals surface area contributed by atoms with Crippen LogP contribution in [0.15, 0.2) is 97.2 Å². The highest BCUT2D eigenvalue weighted by atomic mass is 16.6. The lowest BCUT2D eigenvalue weighted by atomic mass is 9.76. The van der Waals surface area contributed by atoms with Crippen molar-refractivity contribution in [1.82, 2.24) is 25.5 Å². The molecule has 3 aromatic carbocycles. The Morgan fingerprint density at radius 3 is 1.98 bits per heavy atom. The number of nitrogens with zero attached hydrogens (tertiary/aromatic N) is 3. The average molecular weight is 592 g/mol. The summed E-state index contributed by atoms with van der Waals surface area (Å²) >= 11 is 0. The molecule has 44 heavy (non-hydrogen) atoms. The lowest BCUT2D eigenvalue weighted by Gasteiger charge is -2.44. The molecule has 0 bridgehead atoms. The number of aromatic carboxylic acids is 1. The molecule has 1 aliphatic heterocycles. The molecule has 6 rings (SSSR count). The first kappa shape index (κ1) is 29.2. The third-order valence-electron chi connectivity index (χ3n) is 8.08. The maximum atomic E-state index is 12.5. The molecule has 2 aliphatic rings. The van der Waals surface area contributed by atoms with Crippen LogP contribution in [0.4, 0.5) is 4.79 Å². The Bertz CT molecular complexity index is 1580. The molecule has 226 valence electrons. The number of carbonyl (C=O) groups is 2. The molecule has 4 aromatic rings. The molecule has 0 radical (unpaired) electrons. The zero-order valence-electron chi connectivity index (χ0n) is 25.2. The van der Waals surface area contributed by atoms with Gasteiger partial charge >= 0.3 is 12.1 Å². The monoisotopic (exact) mass is 591 g/mol. The first-order chi connectivity index (χ1) is 21.2. The summed E-state index contributed by atoms with van der Waals surface area (Å²) in [6, 6.07) is 31.2. The van der Waals surface area contributed by atoms with Gasteiger partial charge < -0.3 is 15.2 Å². The fraction of sp³-hybridized carbons (Fsp3) is 0.286. The van der Waals surface area contributed by atoms with Crippen LogP contribution in [0.3, 0.4) is 0 Å². The lowest BCUT2D eigenvalue weighted by molar-refractivity contribution is 0.0525. The van der Waals surface area contributed by atoms with Crippen molar-refractivity contribution in [2.45, 2.75) is 57.3 Å². The van der Waals surface area contributed by atoms with Crippen molar-refractivity contribution in [2.24, 2.45) is 0 Å². The van der Waals surface area contributed by atoms with Gasteiger partial charge in [0.1, 0.15) is 16.8 Å². The predicted molar refractivity (Wildman–Crippen MR) is 168 cm³/mol. The summed E-state index contributed by atoms with van der Waals surface area (Å²) in [4.78, 5) is 24.7. The zero-order valence-corrected chi connectivity index (χ0v) is 25.2. The molecule has 1 aromatic heterocycles. The van der Waals surface area contributed by atoms with E-state index in [-0.39, 0.29) is 24.8 Å². The van der Waals surface area contributed by atoms with Gasteiger partial charge in [-0.15, -0.1) is 0 Å². The fourth-order valence-corrected chi connectivity index (χ4v) is 6.33. The molecule has 0 fully saturated rings. The number of amides is 1. The number of carboxylic acids is 1. The minimum atomic E-state index is -1.04. The van der Waals surface area contributed by atoms with Crippen molar-refractivity contribution in [1.29, 1.82) is 0 Å². The van der Waals surface area contributed by atoms with E-state index in [0.29, 0.717) is 24.1 Å². The molecule has 9 nitrogen and oxygen atoms in total. The summed E-state index contributed by atoms with van der Waals surface area (Å²) in [5.41, 5.74) is 8.19. The number of hydrogen-bond acceptors (Lipinski definition) is 6. The summed E-state index contributed by atoms with van der Waals surface area (Å²) in [7, 11) is 0. The first-order valence-corrected chi connectivity index (χ1v) is 14.9. The molecule has 0 saturated heterocycles. The number of carbonyl (C=O) groups excluding carboxylic acids is 1. The topological polar surface area (TPSA) is 109 Å². The quantitative estimate of drug-likeness (QED) is 0.230. The fourth-order valence-electron chi connectivity index (χ4n) is 6.33. The molecule has 1 aliphatic carbocycles. The Kier molecular flexibility index (Phi) is 7.73. The predicted octanol–water partition coefficient (Wildman–Crippen LogP) is 5.57. The number of alkyl carbamates (subject to hydrolysis) is 1. The van der Waals surface area contributed by atoms with E-state index < -0.39 is 23.2 Å². The van der Waals surface area contributed by atoms with Crippen LogP contribution >= 0.6 is 0 Å². The van der Waals surface area contributed by atoms with Crippen LogP contribution in [-0.4, -0.2) is 50.1 Å². The second-order valence-electron chi connectivity index (χ2n) is 12.1. The van der Waals surface area contributed by atoms with Crippen molar-refractivity contribution < 1.29 is 19.4 Å². The second kappa shape index (κ2) is 11.7. The van der Waals surface area contributed by atoms with E-state index >= 15 is 0 Å². The van der Waals surface area contributed by atoms with Crippen molar-refractivity contribution in [3.63, 3.8) is 0 Å². The smallest absolute Gasteiger partial charge is 0.407 e. The number of fused-ring (bicyclic) bond motifs is 3. The van der Waals surface area contributed by atoms with Gasteiger partial charge in [-0.25, -0.2) is 15.0 Å². The molecule has 9 heteroatoms. The SMILES string of the molecule is CC(C)(C)OC(=O)NCCn1nc2c(c1C(=O)O)CCC1NN(C(c3ccccc3)(c3ccccc3)c3ccccc3)C=C21. The molecule has 1 unspecified atom stereocenters. The molecule has 0 spiro atoms. The number of hydrazine groups is 1. The van der Waals surface area contributed by atoms with E-state index in [1.165, 1.54) is 4.68 Å². The maximum Gasteiger partial charge on any atom is 0.407 e. The average Bonchev–Trinajstić information content (AvgIpc) is 3.60.